The highest BCUT2D eigenvalue weighted by Crippen LogP contribution is 2.32. The van der Waals surface area contributed by atoms with Gasteiger partial charge in [-0.3, -0.25) is 14.2 Å². The largest absolute Gasteiger partial charge is 0.477 e. The van der Waals surface area contributed by atoms with E-state index in [2.05, 4.69) is 9.36 Å². The van der Waals surface area contributed by atoms with Crippen LogP contribution in [0.2, 0.25) is 0 Å². The molecule has 172 valence electrons. The van der Waals surface area contributed by atoms with Gasteiger partial charge in [0, 0.05) is 37.2 Å². The van der Waals surface area contributed by atoms with Crippen molar-refractivity contribution in [3.8, 4) is 5.13 Å². The molecule has 33 heavy (non-hydrogen) atoms. The number of carbonyl (C=O) groups is 2. The number of aromatic nitrogens is 4. The normalized spacial score (nSPS) is 17.3. The van der Waals surface area contributed by atoms with Gasteiger partial charge < -0.3 is 10.0 Å². The van der Waals surface area contributed by atoms with Crippen LogP contribution >= 0.6 is 11.5 Å². The Labute approximate surface area is 194 Å². The molecule has 2 fully saturated rings. The first-order chi connectivity index (χ1) is 15.9. The van der Waals surface area contributed by atoms with E-state index in [-0.39, 0.29) is 16.9 Å². The van der Waals surface area contributed by atoms with Crippen LogP contribution < -0.4 is 10.3 Å². The Hall–Kier alpha value is -3.14. The molecule has 1 saturated heterocycles. The van der Waals surface area contributed by atoms with Crippen molar-refractivity contribution in [1.82, 2.24) is 18.9 Å². The minimum Gasteiger partial charge on any atom is -0.477 e. The third-order valence-corrected chi connectivity index (χ3v) is 7.47. The number of aromatic carboxylic acids is 1. The maximum atomic E-state index is 12.9. The molecule has 0 bridgehead atoms. The van der Waals surface area contributed by atoms with Crippen LogP contribution in [0.4, 0.5) is 5.82 Å². The number of pyridine rings is 2. The van der Waals surface area contributed by atoms with E-state index in [1.165, 1.54) is 36.4 Å². The summed E-state index contributed by atoms with van der Waals surface area (Å²) in [6.45, 7) is 3.00. The second-order valence-electron chi connectivity index (χ2n) is 9.04. The van der Waals surface area contributed by atoms with Crippen LogP contribution in [0.15, 0.2) is 23.4 Å². The van der Waals surface area contributed by atoms with Gasteiger partial charge in [-0.2, -0.15) is 4.37 Å². The first-order valence-electron chi connectivity index (χ1n) is 11.3. The molecule has 1 saturated carbocycles. The second kappa shape index (κ2) is 8.66. The van der Waals surface area contributed by atoms with Crippen LogP contribution in [0.5, 0.6) is 0 Å². The number of aryl methyl sites for hydroxylation is 1. The molecule has 10 heteroatoms. The van der Waals surface area contributed by atoms with Gasteiger partial charge >= 0.3 is 5.97 Å². The third-order valence-electron chi connectivity index (χ3n) is 6.80. The highest BCUT2D eigenvalue weighted by molar-refractivity contribution is 7.08. The lowest BCUT2D eigenvalue weighted by atomic mass is 9.82. The van der Waals surface area contributed by atoms with E-state index in [1.807, 2.05) is 4.90 Å². The van der Waals surface area contributed by atoms with Crippen molar-refractivity contribution in [2.24, 2.45) is 11.8 Å². The molecule has 1 aliphatic carbocycles. The van der Waals surface area contributed by atoms with Crippen LogP contribution in [-0.2, 0) is 4.79 Å². The van der Waals surface area contributed by atoms with Crippen LogP contribution in [0.3, 0.4) is 0 Å². The molecule has 3 aromatic rings. The molecule has 0 aromatic carbocycles. The Kier molecular flexibility index (Phi) is 5.69. The Morgan fingerprint density at radius 1 is 1.21 bits per heavy atom. The maximum absolute atomic E-state index is 12.9. The second-order valence-corrected chi connectivity index (χ2v) is 9.80. The standard InChI is InChI=1S/C23H25N5O4S/c1-13-7-18(27-9-15(10-27)17(29)8-14-5-3-2-4-6-14)26-21-19(13)20(30)16(22(31)32)11-28(21)23-24-12-25-33-23/h7,11-12,14-15H,2-6,8-10H2,1H3,(H,31,32). The van der Waals surface area contributed by atoms with Gasteiger partial charge in [-0.05, 0) is 24.5 Å². The summed E-state index contributed by atoms with van der Waals surface area (Å²) in [5.41, 5.74) is 0.0683. The van der Waals surface area contributed by atoms with Gasteiger partial charge in [0.15, 0.2) is 5.65 Å². The van der Waals surface area contributed by atoms with Gasteiger partial charge in [0.25, 0.3) is 0 Å². The summed E-state index contributed by atoms with van der Waals surface area (Å²) in [5, 5.41) is 10.2. The number of anilines is 1. The number of fused-ring (bicyclic) bond motifs is 1. The van der Waals surface area contributed by atoms with Crippen LogP contribution in [0, 0.1) is 18.8 Å². The summed E-state index contributed by atoms with van der Waals surface area (Å²) in [4.78, 5) is 48.2. The van der Waals surface area contributed by atoms with Crippen molar-refractivity contribution in [2.45, 2.75) is 45.4 Å². The van der Waals surface area contributed by atoms with E-state index in [0.717, 1.165) is 24.4 Å². The van der Waals surface area contributed by atoms with Crippen LogP contribution in [-0.4, -0.2) is 48.9 Å². The maximum Gasteiger partial charge on any atom is 0.341 e. The van der Waals surface area contributed by atoms with Gasteiger partial charge in [0.2, 0.25) is 10.6 Å². The van der Waals surface area contributed by atoms with Crippen molar-refractivity contribution in [3.63, 3.8) is 0 Å². The van der Waals surface area contributed by atoms with E-state index in [0.29, 0.717) is 53.4 Å². The highest BCUT2D eigenvalue weighted by Gasteiger charge is 2.35. The van der Waals surface area contributed by atoms with Crippen molar-refractivity contribution in [2.75, 3.05) is 18.0 Å². The molecule has 0 amide bonds. The summed E-state index contributed by atoms with van der Waals surface area (Å²) in [6, 6.07) is 1.79. The number of hydrogen-bond acceptors (Lipinski definition) is 8. The van der Waals surface area contributed by atoms with Gasteiger partial charge in [-0.25, -0.2) is 14.8 Å². The number of hydrogen-bond donors (Lipinski definition) is 1. The number of Topliss-reactive ketones (excluding diaryl/α,β-unsaturated/α-hetero) is 1. The molecule has 0 atom stereocenters. The lowest BCUT2D eigenvalue weighted by Crippen LogP contribution is -2.51. The fraction of sp³-hybridized carbons (Fsp3) is 0.478. The molecular formula is C23H25N5O4S. The minimum absolute atomic E-state index is 0.0180. The molecule has 0 radical (unpaired) electrons. The average molecular weight is 468 g/mol. The van der Waals surface area contributed by atoms with Gasteiger partial charge in [-0.1, -0.05) is 32.1 Å². The van der Waals surface area contributed by atoms with Gasteiger partial charge in [0.1, 0.15) is 23.5 Å². The summed E-state index contributed by atoms with van der Waals surface area (Å²) < 4.78 is 5.51. The van der Waals surface area contributed by atoms with Gasteiger partial charge in [0.05, 0.1) is 11.3 Å². The molecule has 2 aliphatic rings. The predicted molar refractivity (Wildman–Crippen MR) is 124 cm³/mol. The molecule has 3 aromatic heterocycles. The van der Waals surface area contributed by atoms with Crippen molar-refractivity contribution in [3.05, 3.63) is 39.9 Å². The molecular weight excluding hydrogens is 442 g/mol. The van der Waals surface area contributed by atoms with Gasteiger partial charge in [-0.15, -0.1) is 0 Å². The minimum atomic E-state index is -1.30. The Morgan fingerprint density at radius 3 is 2.64 bits per heavy atom. The number of nitrogens with zero attached hydrogens (tertiary/aromatic N) is 5. The zero-order valence-electron chi connectivity index (χ0n) is 18.4. The Morgan fingerprint density at radius 2 is 1.97 bits per heavy atom. The molecule has 5 rings (SSSR count). The summed E-state index contributed by atoms with van der Waals surface area (Å²) in [5.74, 6) is 0.260. The fourth-order valence-corrected chi connectivity index (χ4v) is 5.43. The Bertz CT molecular complexity index is 1270. The number of carbonyl (C=O) groups excluding carboxylic acids is 1. The summed E-state index contributed by atoms with van der Waals surface area (Å²) in [6.07, 6.45) is 9.38. The monoisotopic (exact) mass is 467 g/mol. The fourth-order valence-electron chi connectivity index (χ4n) is 4.92. The van der Waals surface area contributed by atoms with Crippen LogP contribution in [0.1, 0.15) is 54.4 Å². The quantitative estimate of drug-likeness (QED) is 0.587. The predicted octanol–water partition coefficient (Wildman–Crippen LogP) is 3.22. The first-order valence-corrected chi connectivity index (χ1v) is 12.0. The third kappa shape index (κ3) is 4.03. The zero-order chi connectivity index (χ0) is 23.1. The lowest BCUT2D eigenvalue weighted by molar-refractivity contribution is -0.124. The number of carboxylic acids is 1. The van der Waals surface area contributed by atoms with Crippen molar-refractivity contribution in [1.29, 1.82) is 0 Å². The topological polar surface area (TPSA) is 118 Å². The summed E-state index contributed by atoms with van der Waals surface area (Å²) >= 11 is 1.09. The SMILES string of the molecule is Cc1cc(N2CC(C(=O)CC3CCCCC3)C2)nc2c1c(=O)c(C(=O)O)cn2-c1ncns1. The lowest BCUT2D eigenvalue weighted by Gasteiger charge is -2.40. The van der Waals surface area contributed by atoms with E-state index >= 15 is 0 Å². The molecule has 9 nitrogen and oxygen atoms in total. The highest BCUT2D eigenvalue weighted by atomic mass is 32.1. The zero-order valence-corrected chi connectivity index (χ0v) is 19.2. The molecule has 1 N–H and O–H groups in total. The summed E-state index contributed by atoms with van der Waals surface area (Å²) in [7, 11) is 0. The number of ketones is 1. The Balaban J connectivity index is 1.44. The van der Waals surface area contributed by atoms with E-state index in [1.54, 1.807) is 13.0 Å². The smallest absolute Gasteiger partial charge is 0.341 e. The van der Waals surface area contributed by atoms with Crippen molar-refractivity contribution >= 4 is 40.1 Å². The molecule has 0 spiro atoms. The van der Waals surface area contributed by atoms with E-state index in [4.69, 9.17) is 4.98 Å². The van der Waals surface area contributed by atoms with E-state index in [9.17, 15) is 19.5 Å². The molecule has 4 heterocycles. The average Bonchev–Trinajstić information content (AvgIpc) is 3.28. The first kappa shape index (κ1) is 21.7. The van der Waals surface area contributed by atoms with Crippen LogP contribution in [0.25, 0.3) is 16.2 Å². The molecule has 0 unspecified atom stereocenters. The molecule has 1 aliphatic heterocycles. The number of rotatable bonds is 6. The number of carboxylic acid groups (broad SMARTS) is 1. The van der Waals surface area contributed by atoms with Crippen molar-refractivity contribution < 1.29 is 14.7 Å². The van der Waals surface area contributed by atoms with E-state index < -0.39 is 11.4 Å².